The molecule has 0 radical (unpaired) electrons. The summed E-state index contributed by atoms with van der Waals surface area (Å²) in [5.41, 5.74) is 0. The van der Waals surface area contributed by atoms with Gasteiger partial charge in [-0.3, -0.25) is 14.4 Å². The molecule has 1 saturated heterocycles. The van der Waals surface area contributed by atoms with E-state index in [0.717, 1.165) is 6.42 Å². The zero-order valence-corrected chi connectivity index (χ0v) is 10.7. The Bertz CT molecular complexity index is 377. The van der Waals surface area contributed by atoms with Gasteiger partial charge in [-0.15, -0.1) is 0 Å². The molecule has 1 heterocycles. The van der Waals surface area contributed by atoms with Crippen molar-refractivity contribution in [2.75, 3.05) is 0 Å². The summed E-state index contributed by atoms with van der Waals surface area (Å²) in [6.45, 7) is 0. The Balaban J connectivity index is 1.61. The second-order valence-corrected chi connectivity index (χ2v) is 5.12. The lowest BCUT2D eigenvalue weighted by Crippen LogP contribution is -2.26. The molecule has 6 heteroatoms. The van der Waals surface area contributed by atoms with Crippen LogP contribution in [0.25, 0.3) is 0 Å². The highest BCUT2D eigenvalue weighted by Gasteiger charge is 2.46. The van der Waals surface area contributed by atoms with E-state index in [4.69, 9.17) is 14.6 Å². The van der Waals surface area contributed by atoms with E-state index in [1.165, 1.54) is 0 Å². The first-order valence-corrected chi connectivity index (χ1v) is 6.68. The second-order valence-electron chi connectivity index (χ2n) is 5.12. The highest BCUT2D eigenvalue weighted by Crippen LogP contribution is 2.39. The quantitative estimate of drug-likeness (QED) is 0.338. The molecule has 2 fully saturated rings. The number of carbonyl (C=O) groups is 3. The largest absolute Gasteiger partial charge is 0.481 e. The molecule has 0 bridgehead atoms. The first-order valence-electron chi connectivity index (χ1n) is 6.68. The third kappa shape index (κ3) is 4.31. The molecule has 1 aliphatic heterocycles. The molecule has 106 valence electrons. The molecule has 0 aromatic rings. The molecular weight excluding hydrogens is 252 g/mol. The molecule has 1 saturated carbocycles. The van der Waals surface area contributed by atoms with Crippen LogP contribution in [0.15, 0.2) is 0 Å². The van der Waals surface area contributed by atoms with Gasteiger partial charge in [-0.2, -0.15) is 0 Å². The number of aliphatic carboxylic acids is 1. The minimum Gasteiger partial charge on any atom is -0.481 e. The van der Waals surface area contributed by atoms with Crippen molar-refractivity contribution in [1.82, 2.24) is 0 Å². The molecule has 1 aliphatic carbocycles. The topological polar surface area (TPSA) is 93.2 Å². The van der Waals surface area contributed by atoms with Crippen LogP contribution in [0.1, 0.15) is 44.9 Å². The van der Waals surface area contributed by atoms with E-state index in [9.17, 15) is 14.4 Å². The summed E-state index contributed by atoms with van der Waals surface area (Å²) in [5.74, 6) is -2.14. The molecule has 0 amide bonds. The molecular formula is C13H18O6. The lowest BCUT2D eigenvalue weighted by atomic mass is 9.89. The van der Waals surface area contributed by atoms with Crippen molar-refractivity contribution in [1.29, 1.82) is 0 Å². The van der Waals surface area contributed by atoms with Crippen molar-refractivity contribution in [2.45, 2.75) is 57.2 Å². The van der Waals surface area contributed by atoms with Crippen molar-refractivity contribution in [3.8, 4) is 0 Å². The third-order valence-corrected chi connectivity index (χ3v) is 3.57. The molecule has 6 nitrogen and oxygen atoms in total. The number of rotatable bonds is 6. The molecule has 19 heavy (non-hydrogen) atoms. The number of unbranched alkanes of at least 4 members (excludes halogenated alkanes) is 1. The fourth-order valence-corrected chi connectivity index (χ4v) is 2.41. The molecule has 2 aliphatic rings. The van der Waals surface area contributed by atoms with Gasteiger partial charge in [-0.1, -0.05) is 0 Å². The highest BCUT2D eigenvalue weighted by molar-refractivity contribution is 5.86. The zero-order valence-electron chi connectivity index (χ0n) is 10.7. The molecule has 0 spiro atoms. The number of esters is 2. The van der Waals surface area contributed by atoms with Crippen molar-refractivity contribution in [3.63, 3.8) is 0 Å². The van der Waals surface area contributed by atoms with Crippen LogP contribution in [-0.4, -0.2) is 35.2 Å². The van der Waals surface area contributed by atoms with Gasteiger partial charge in [0.05, 0.1) is 18.1 Å². The Morgan fingerprint density at radius 3 is 2.53 bits per heavy atom. The Hall–Kier alpha value is -1.43. The Morgan fingerprint density at radius 2 is 1.84 bits per heavy atom. The maximum absolute atomic E-state index is 11.7. The van der Waals surface area contributed by atoms with Gasteiger partial charge < -0.3 is 14.6 Å². The summed E-state index contributed by atoms with van der Waals surface area (Å²) in [4.78, 5) is 33.4. The number of carboxylic acids is 1. The van der Waals surface area contributed by atoms with Crippen LogP contribution in [0.2, 0.25) is 0 Å². The Labute approximate surface area is 111 Å². The molecule has 1 N–H and O–H groups in total. The Kier molecular flexibility index (Phi) is 4.52. The smallest absolute Gasteiger partial charge is 0.316 e. The minimum absolute atomic E-state index is 0.0320. The van der Waals surface area contributed by atoms with E-state index in [2.05, 4.69) is 0 Å². The van der Waals surface area contributed by atoms with Crippen molar-refractivity contribution >= 4 is 17.9 Å². The zero-order chi connectivity index (χ0) is 13.8. The lowest BCUT2D eigenvalue weighted by Gasteiger charge is -2.16. The summed E-state index contributed by atoms with van der Waals surface area (Å²) < 4.78 is 10.1. The fourth-order valence-electron chi connectivity index (χ4n) is 2.41. The summed E-state index contributed by atoms with van der Waals surface area (Å²) in [7, 11) is 0. The van der Waals surface area contributed by atoms with Gasteiger partial charge in [0, 0.05) is 12.8 Å². The van der Waals surface area contributed by atoms with E-state index in [1.54, 1.807) is 0 Å². The summed E-state index contributed by atoms with van der Waals surface area (Å²) in [5, 5.41) is 8.44. The highest BCUT2D eigenvalue weighted by atomic mass is 16.6. The van der Waals surface area contributed by atoms with E-state index < -0.39 is 17.9 Å². The average Bonchev–Trinajstić information content (AvgIpc) is 3.12. The van der Waals surface area contributed by atoms with E-state index in [-0.39, 0.29) is 24.9 Å². The van der Waals surface area contributed by atoms with E-state index in [1.807, 2.05) is 0 Å². The van der Waals surface area contributed by atoms with Crippen LogP contribution in [0.5, 0.6) is 0 Å². The van der Waals surface area contributed by atoms with Crippen molar-refractivity contribution < 1.29 is 29.0 Å². The maximum atomic E-state index is 11.7. The normalized spacial score (nSPS) is 28.3. The molecule has 3 atom stereocenters. The number of carbonyl (C=O) groups excluding carboxylic acids is 2. The first kappa shape index (κ1) is 14.0. The number of carboxylic acid groups (broad SMARTS) is 1. The predicted molar refractivity (Wildman–Crippen MR) is 63.2 cm³/mol. The van der Waals surface area contributed by atoms with Gasteiger partial charge in [0.25, 0.3) is 0 Å². The van der Waals surface area contributed by atoms with Crippen molar-refractivity contribution in [3.05, 3.63) is 0 Å². The van der Waals surface area contributed by atoms with Crippen LogP contribution >= 0.6 is 0 Å². The molecule has 3 unspecified atom stereocenters. The Morgan fingerprint density at radius 1 is 1.11 bits per heavy atom. The monoisotopic (exact) mass is 270 g/mol. The van der Waals surface area contributed by atoms with Crippen LogP contribution in [0, 0.1) is 5.92 Å². The van der Waals surface area contributed by atoms with Gasteiger partial charge in [-0.05, 0) is 32.1 Å². The number of hydrogen-bond acceptors (Lipinski definition) is 5. The number of hydrogen-bond donors (Lipinski definition) is 1. The number of fused-ring (bicyclic) bond motifs is 1. The van der Waals surface area contributed by atoms with Gasteiger partial charge >= 0.3 is 17.9 Å². The number of ether oxygens (including phenoxy) is 2. The fraction of sp³-hybridized carbons (Fsp3) is 0.769. The summed E-state index contributed by atoms with van der Waals surface area (Å²) in [6.07, 6.45) is 3.68. The third-order valence-electron chi connectivity index (χ3n) is 3.57. The van der Waals surface area contributed by atoms with Gasteiger partial charge in [-0.25, -0.2) is 0 Å². The molecule has 2 rings (SSSR count). The summed E-state index contributed by atoms with van der Waals surface area (Å²) >= 11 is 0. The minimum atomic E-state index is -0.884. The van der Waals surface area contributed by atoms with Crippen LogP contribution < -0.4 is 0 Å². The SMILES string of the molecule is O=C(O)CCCCC(=O)OC(=O)C1CCC2OC2C1. The van der Waals surface area contributed by atoms with Crippen LogP contribution in [0.3, 0.4) is 0 Å². The van der Waals surface area contributed by atoms with Gasteiger partial charge in [0.15, 0.2) is 0 Å². The standard InChI is InChI=1S/C13H18O6/c14-11(15)3-1-2-4-12(16)19-13(17)8-5-6-9-10(7-8)18-9/h8-10H,1-7H2,(H,14,15). The number of epoxide rings is 1. The molecule has 0 aromatic carbocycles. The second kappa shape index (κ2) is 6.14. The van der Waals surface area contributed by atoms with Crippen LogP contribution in [-0.2, 0) is 23.9 Å². The lowest BCUT2D eigenvalue weighted by molar-refractivity contribution is -0.163. The molecule has 0 aromatic heterocycles. The van der Waals surface area contributed by atoms with Crippen LogP contribution in [0.4, 0.5) is 0 Å². The first-order chi connectivity index (χ1) is 9.06. The maximum Gasteiger partial charge on any atom is 0.316 e. The average molecular weight is 270 g/mol. The van der Waals surface area contributed by atoms with Gasteiger partial charge in [0.2, 0.25) is 0 Å². The summed E-state index contributed by atoms with van der Waals surface area (Å²) in [6, 6.07) is 0. The van der Waals surface area contributed by atoms with E-state index >= 15 is 0 Å². The van der Waals surface area contributed by atoms with E-state index in [0.29, 0.717) is 31.8 Å². The van der Waals surface area contributed by atoms with Crippen molar-refractivity contribution in [2.24, 2.45) is 5.92 Å². The van der Waals surface area contributed by atoms with Gasteiger partial charge in [0.1, 0.15) is 0 Å². The predicted octanol–water partition coefficient (Wildman–Crippen LogP) is 1.27.